The fourth-order valence-corrected chi connectivity index (χ4v) is 6.54. The van der Waals surface area contributed by atoms with E-state index in [0.29, 0.717) is 21.3 Å². The van der Waals surface area contributed by atoms with E-state index in [9.17, 15) is 15.3 Å². The van der Waals surface area contributed by atoms with Crippen LogP contribution in [0.15, 0.2) is 99.7 Å². The van der Waals surface area contributed by atoms with Gasteiger partial charge < -0.3 is 10.6 Å². The minimum absolute atomic E-state index is 0.0502. The maximum atomic E-state index is 14.4. The number of anilines is 2. The van der Waals surface area contributed by atoms with E-state index in [1.165, 1.54) is 11.8 Å². The lowest BCUT2D eigenvalue weighted by atomic mass is 9.68. The van der Waals surface area contributed by atoms with E-state index >= 15 is 0 Å². The standard InChI is InChI=1S/C27H16ClN5OS/c28-20-9-3-1-7-16(20)15-32-21-10-4-2-8-17(21)27(26(32)34)18(13-29)24(31)33-22-11-5-6-12-23(22)35-25(33)19(27)14-30/h1-12H,15,31H2/t27-/m1/s1. The summed E-state index contributed by atoms with van der Waals surface area (Å²) in [5.41, 5.74) is 7.99. The Bertz CT molecular complexity index is 1600. The summed E-state index contributed by atoms with van der Waals surface area (Å²) in [6, 6.07) is 26.7. The highest BCUT2D eigenvalue weighted by Crippen LogP contribution is 2.60. The fourth-order valence-electron chi connectivity index (χ4n) is 5.14. The summed E-state index contributed by atoms with van der Waals surface area (Å²) in [6.07, 6.45) is 0. The number of nitrogens with zero attached hydrogens (tertiary/aromatic N) is 4. The van der Waals surface area contributed by atoms with Gasteiger partial charge in [-0.15, -0.1) is 0 Å². The van der Waals surface area contributed by atoms with Crippen LogP contribution >= 0.6 is 23.4 Å². The summed E-state index contributed by atoms with van der Waals surface area (Å²) in [7, 11) is 0. The van der Waals surface area contributed by atoms with Crippen molar-refractivity contribution in [2.45, 2.75) is 16.9 Å². The van der Waals surface area contributed by atoms with Crippen LogP contribution in [0.4, 0.5) is 11.4 Å². The number of carbonyl (C=O) groups excluding carboxylic acids is 1. The number of nitrogens with two attached hydrogens (primary N) is 1. The van der Waals surface area contributed by atoms with Gasteiger partial charge in [0.05, 0.1) is 29.4 Å². The maximum Gasteiger partial charge on any atom is 0.248 e. The Kier molecular flexibility index (Phi) is 4.69. The molecule has 8 heteroatoms. The van der Waals surface area contributed by atoms with Crippen molar-refractivity contribution in [1.29, 1.82) is 10.5 Å². The van der Waals surface area contributed by atoms with Gasteiger partial charge in [0.15, 0.2) is 5.41 Å². The number of halogens is 1. The van der Waals surface area contributed by atoms with Crippen LogP contribution in [0.25, 0.3) is 0 Å². The van der Waals surface area contributed by atoms with Gasteiger partial charge in [-0.3, -0.25) is 9.69 Å². The SMILES string of the molecule is N#CC1=C(N)N2C(=C(C#N)[C@]13C(=O)N(Cc1ccccc1Cl)c1ccccc13)Sc1ccccc12. The average molecular weight is 494 g/mol. The van der Waals surface area contributed by atoms with Crippen LogP contribution < -0.4 is 15.5 Å². The van der Waals surface area contributed by atoms with Gasteiger partial charge in [0.25, 0.3) is 0 Å². The quantitative estimate of drug-likeness (QED) is 0.528. The van der Waals surface area contributed by atoms with Crippen molar-refractivity contribution >= 4 is 40.6 Å². The predicted octanol–water partition coefficient (Wildman–Crippen LogP) is 5.18. The van der Waals surface area contributed by atoms with Crippen LogP contribution in [0.2, 0.25) is 5.02 Å². The van der Waals surface area contributed by atoms with Crippen LogP contribution in [0.1, 0.15) is 11.1 Å². The van der Waals surface area contributed by atoms with Gasteiger partial charge in [-0.25, -0.2) is 0 Å². The normalized spacial score (nSPS) is 20.0. The number of para-hydroxylation sites is 2. The zero-order valence-electron chi connectivity index (χ0n) is 18.2. The van der Waals surface area contributed by atoms with Gasteiger partial charge in [0.1, 0.15) is 16.9 Å². The van der Waals surface area contributed by atoms with Crippen LogP contribution in [0.3, 0.4) is 0 Å². The van der Waals surface area contributed by atoms with Gasteiger partial charge in [-0.2, -0.15) is 10.5 Å². The average Bonchev–Trinajstić information content (AvgIpc) is 3.37. The second-order valence-corrected chi connectivity index (χ2v) is 9.76. The lowest BCUT2D eigenvalue weighted by molar-refractivity contribution is -0.120. The number of rotatable bonds is 2. The van der Waals surface area contributed by atoms with Crippen LogP contribution in [0.5, 0.6) is 0 Å². The molecule has 3 heterocycles. The summed E-state index contributed by atoms with van der Waals surface area (Å²) in [6.45, 7) is 0.195. The minimum Gasteiger partial charge on any atom is -0.384 e. The molecule has 1 amide bonds. The van der Waals surface area contributed by atoms with Crippen LogP contribution in [-0.2, 0) is 16.8 Å². The number of amides is 1. The predicted molar refractivity (Wildman–Crippen MR) is 135 cm³/mol. The Balaban J connectivity index is 1.63. The van der Waals surface area contributed by atoms with E-state index in [4.69, 9.17) is 17.3 Å². The molecule has 0 aliphatic carbocycles. The molecule has 3 aliphatic rings. The first-order chi connectivity index (χ1) is 17.0. The molecule has 0 saturated carbocycles. The monoisotopic (exact) mass is 493 g/mol. The van der Waals surface area contributed by atoms with Crippen molar-refractivity contribution in [3.63, 3.8) is 0 Å². The number of nitriles is 2. The largest absolute Gasteiger partial charge is 0.384 e. The Labute approximate surface area is 211 Å². The number of fused-ring (bicyclic) bond motifs is 5. The van der Waals surface area contributed by atoms with Crippen molar-refractivity contribution < 1.29 is 4.79 Å². The molecule has 1 atom stereocenters. The van der Waals surface area contributed by atoms with Crippen LogP contribution in [0, 0.1) is 22.7 Å². The minimum atomic E-state index is -1.63. The summed E-state index contributed by atoms with van der Waals surface area (Å²) < 4.78 is 0. The Hall–Kier alpha value is -4.17. The fraction of sp³-hybridized carbons (Fsp3) is 0.0741. The molecule has 0 fully saturated rings. The molecule has 0 saturated heterocycles. The maximum absolute atomic E-state index is 14.4. The Morgan fingerprint density at radius 2 is 1.57 bits per heavy atom. The Morgan fingerprint density at radius 1 is 0.914 bits per heavy atom. The van der Waals surface area contributed by atoms with Gasteiger partial charge in [0.2, 0.25) is 5.91 Å². The topological polar surface area (TPSA) is 97.1 Å². The smallest absolute Gasteiger partial charge is 0.248 e. The number of hydrogen-bond donors (Lipinski definition) is 1. The molecular formula is C27H16ClN5OS. The summed E-state index contributed by atoms with van der Waals surface area (Å²) in [5.74, 6) is -0.236. The number of hydrogen-bond acceptors (Lipinski definition) is 6. The first kappa shape index (κ1) is 21.4. The third-order valence-corrected chi connectivity index (χ3v) is 8.17. The molecule has 35 heavy (non-hydrogen) atoms. The highest BCUT2D eigenvalue weighted by molar-refractivity contribution is 8.03. The second-order valence-electron chi connectivity index (χ2n) is 8.32. The molecule has 3 aromatic rings. The molecule has 1 spiro atoms. The molecular weight excluding hydrogens is 478 g/mol. The molecule has 3 aromatic carbocycles. The number of carbonyl (C=O) groups is 1. The highest BCUT2D eigenvalue weighted by Gasteiger charge is 2.61. The molecule has 2 N–H and O–H groups in total. The molecule has 0 radical (unpaired) electrons. The zero-order valence-corrected chi connectivity index (χ0v) is 19.8. The van der Waals surface area contributed by atoms with Crippen molar-refractivity contribution in [1.82, 2.24) is 0 Å². The van der Waals surface area contributed by atoms with E-state index in [1.807, 2.05) is 54.6 Å². The van der Waals surface area contributed by atoms with E-state index in [-0.39, 0.29) is 23.5 Å². The Morgan fingerprint density at radius 3 is 2.31 bits per heavy atom. The van der Waals surface area contributed by atoms with Gasteiger partial charge in [0, 0.05) is 21.2 Å². The van der Waals surface area contributed by atoms with Crippen molar-refractivity contribution in [2.75, 3.05) is 9.80 Å². The van der Waals surface area contributed by atoms with Crippen molar-refractivity contribution in [3.8, 4) is 12.1 Å². The van der Waals surface area contributed by atoms with Gasteiger partial charge >= 0.3 is 0 Å². The highest BCUT2D eigenvalue weighted by atomic mass is 35.5. The van der Waals surface area contributed by atoms with E-state index in [2.05, 4.69) is 12.1 Å². The van der Waals surface area contributed by atoms with Crippen LogP contribution in [-0.4, -0.2) is 5.91 Å². The van der Waals surface area contributed by atoms with Gasteiger partial charge in [-0.05, 0) is 29.8 Å². The molecule has 6 rings (SSSR count). The molecule has 168 valence electrons. The first-order valence-corrected chi connectivity index (χ1v) is 12.0. The summed E-state index contributed by atoms with van der Waals surface area (Å²) in [5, 5.41) is 22.0. The summed E-state index contributed by atoms with van der Waals surface area (Å²) in [4.78, 5) is 18.6. The third-order valence-electron chi connectivity index (χ3n) is 6.65. The van der Waals surface area contributed by atoms with Gasteiger partial charge in [-0.1, -0.05) is 71.9 Å². The van der Waals surface area contributed by atoms with E-state index in [0.717, 1.165) is 16.1 Å². The molecule has 0 bridgehead atoms. The van der Waals surface area contributed by atoms with E-state index in [1.54, 1.807) is 28.0 Å². The molecule has 6 nitrogen and oxygen atoms in total. The van der Waals surface area contributed by atoms with E-state index < -0.39 is 11.3 Å². The first-order valence-electron chi connectivity index (χ1n) is 10.8. The lowest BCUT2D eigenvalue weighted by Crippen LogP contribution is -2.48. The third kappa shape index (κ3) is 2.68. The molecule has 0 aromatic heterocycles. The molecule has 0 unspecified atom stereocenters. The van der Waals surface area contributed by atoms with Crippen molar-refractivity contribution in [2.24, 2.45) is 5.73 Å². The zero-order chi connectivity index (χ0) is 24.3. The summed E-state index contributed by atoms with van der Waals surface area (Å²) >= 11 is 7.80. The lowest BCUT2D eigenvalue weighted by Gasteiger charge is -2.37. The molecule has 3 aliphatic heterocycles. The number of thioether (sulfide) groups is 1. The number of benzene rings is 3. The second kappa shape index (κ2) is 7.68. The van der Waals surface area contributed by atoms with Crippen molar-refractivity contribution in [3.05, 3.63) is 111 Å².